The zero-order valence-corrected chi connectivity index (χ0v) is 12.1. The van der Waals surface area contributed by atoms with Crippen molar-refractivity contribution >= 4 is 17.4 Å². The minimum absolute atomic E-state index is 0.305. The molecule has 1 heterocycles. The molecule has 0 saturated heterocycles. The Morgan fingerprint density at radius 2 is 1.95 bits per heavy atom. The van der Waals surface area contributed by atoms with E-state index < -0.39 is 0 Å². The fourth-order valence-electron chi connectivity index (χ4n) is 1.98. The van der Waals surface area contributed by atoms with Crippen LogP contribution in [0.1, 0.15) is 5.56 Å². The number of nitrogen functional groups attached to an aromatic ring is 1. The summed E-state index contributed by atoms with van der Waals surface area (Å²) in [6, 6.07) is 14.6. The van der Waals surface area contributed by atoms with Crippen molar-refractivity contribution in [2.45, 2.75) is 10.6 Å². The van der Waals surface area contributed by atoms with Crippen LogP contribution in [0.3, 0.4) is 0 Å². The highest BCUT2D eigenvalue weighted by Crippen LogP contribution is 2.28. The number of aromatic nitrogens is 2. The number of nitrogens with zero attached hydrogens (tertiary/aromatic N) is 2. The molecule has 0 unspecified atom stereocenters. The third-order valence-corrected chi connectivity index (χ3v) is 4.23. The van der Waals surface area contributed by atoms with Gasteiger partial charge in [-0.15, -0.1) is 11.8 Å². The Balaban J connectivity index is 1.68. The molecule has 0 bridgehead atoms. The maximum Gasteiger partial charge on any atom is 0.125 e. The zero-order valence-electron chi connectivity index (χ0n) is 11.2. The topological polar surface area (TPSA) is 43.8 Å². The first-order valence-electron chi connectivity index (χ1n) is 6.49. The third kappa shape index (κ3) is 3.25. The SMILES string of the molecule is Nc1cc(F)ccc1SCc1ccc(-n2cccn2)cc1. The summed E-state index contributed by atoms with van der Waals surface area (Å²) >= 11 is 1.60. The van der Waals surface area contributed by atoms with E-state index in [0.717, 1.165) is 16.3 Å². The molecule has 0 saturated carbocycles. The highest BCUT2D eigenvalue weighted by Gasteiger charge is 2.03. The second kappa shape index (κ2) is 6.01. The molecule has 0 aliphatic rings. The summed E-state index contributed by atoms with van der Waals surface area (Å²) in [5.41, 5.74) is 8.48. The summed E-state index contributed by atoms with van der Waals surface area (Å²) in [6.07, 6.45) is 3.66. The normalized spacial score (nSPS) is 10.7. The van der Waals surface area contributed by atoms with Gasteiger partial charge in [-0.05, 0) is 42.0 Å². The summed E-state index contributed by atoms with van der Waals surface area (Å²) in [4.78, 5) is 0.896. The molecule has 0 aliphatic carbocycles. The number of anilines is 1. The third-order valence-electron chi connectivity index (χ3n) is 3.07. The number of hydrogen-bond donors (Lipinski definition) is 1. The molecule has 3 nitrogen and oxygen atoms in total. The number of thioether (sulfide) groups is 1. The second-order valence-corrected chi connectivity index (χ2v) is 5.61. The number of nitrogens with two attached hydrogens (primary N) is 1. The van der Waals surface area contributed by atoms with Crippen LogP contribution in [-0.4, -0.2) is 9.78 Å². The Morgan fingerprint density at radius 3 is 2.62 bits per heavy atom. The Bertz CT molecular complexity index is 724. The van der Waals surface area contributed by atoms with Crippen LogP contribution in [0.5, 0.6) is 0 Å². The molecule has 0 radical (unpaired) electrons. The van der Waals surface area contributed by atoms with E-state index in [1.165, 1.54) is 17.7 Å². The first-order valence-corrected chi connectivity index (χ1v) is 7.48. The summed E-state index contributed by atoms with van der Waals surface area (Å²) in [7, 11) is 0. The fraction of sp³-hybridized carbons (Fsp3) is 0.0625. The average molecular weight is 299 g/mol. The van der Waals surface area contributed by atoms with Crippen LogP contribution in [0.25, 0.3) is 5.69 Å². The van der Waals surface area contributed by atoms with E-state index in [1.54, 1.807) is 24.0 Å². The van der Waals surface area contributed by atoms with E-state index >= 15 is 0 Å². The molecular weight excluding hydrogens is 285 g/mol. The maximum absolute atomic E-state index is 13.0. The fourth-order valence-corrected chi connectivity index (χ4v) is 2.88. The molecule has 21 heavy (non-hydrogen) atoms. The molecule has 106 valence electrons. The van der Waals surface area contributed by atoms with Crippen molar-refractivity contribution in [1.82, 2.24) is 9.78 Å². The lowest BCUT2D eigenvalue weighted by atomic mass is 10.2. The summed E-state index contributed by atoms with van der Waals surface area (Å²) < 4.78 is 14.8. The van der Waals surface area contributed by atoms with Gasteiger partial charge in [-0.3, -0.25) is 0 Å². The molecule has 0 fully saturated rings. The zero-order chi connectivity index (χ0) is 14.7. The highest BCUT2D eigenvalue weighted by molar-refractivity contribution is 7.98. The average Bonchev–Trinajstić information content (AvgIpc) is 3.01. The summed E-state index contributed by atoms with van der Waals surface area (Å²) in [6.45, 7) is 0. The van der Waals surface area contributed by atoms with E-state index in [0.29, 0.717) is 5.69 Å². The number of halogens is 1. The van der Waals surface area contributed by atoms with Crippen LogP contribution < -0.4 is 5.73 Å². The van der Waals surface area contributed by atoms with Crippen molar-refractivity contribution in [2.24, 2.45) is 0 Å². The molecule has 2 N–H and O–H groups in total. The minimum Gasteiger partial charge on any atom is -0.398 e. The lowest BCUT2D eigenvalue weighted by molar-refractivity contribution is 0.627. The van der Waals surface area contributed by atoms with Crippen molar-refractivity contribution in [3.8, 4) is 5.69 Å². The Labute approximate surface area is 126 Å². The van der Waals surface area contributed by atoms with E-state index in [1.807, 2.05) is 29.1 Å². The lowest BCUT2D eigenvalue weighted by Gasteiger charge is -2.07. The Hall–Kier alpha value is -2.27. The standard InChI is InChI=1S/C16H14FN3S/c17-13-4-7-16(15(18)10-13)21-11-12-2-5-14(6-3-12)20-9-1-8-19-20/h1-10H,11,18H2. The Kier molecular flexibility index (Phi) is 3.92. The van der Waals surface area contributed by atoms with Crippen molar-refractivity contribution in [2.75, 3.05) is 5.73 Å². The molecule has 5 heteroatoms. The first-order chi connectivity index (χ1) is 10.2. The monoisotopic (exact) mass is 299 g/mol. The van der Waals surface area contributed by atoms with Gasteiger partial charge in [0.25, 0.3) is 0 Å². The highest BCUT2D eigenvalue weighted by atomic mass is 32.2. The molecule has 2 aromatic carbocycles. The molecule has 1 aromatic heterocycles. The Morgan fingerprint density at radius 1 is 1.14 bits per heavy atom. The lowest BCUT2D eigenvalue weighted by Crippen LogP contribution is -1.94. The van der Waals surface area contributed by atoms with Gasteiger partial charge < -0.3 is 5.73 Å². The molecular formula is C16H14FN3S. The molecule has 0 amide bonds. The molecule has 0 atom stereocenters. The quantitative estimate of drug-likeness (QED) is 0.587. The van der Waals surface area contributed by atoms with E-state index in [4.69, 9.17) is 5.73 Å². The van der Waals surface area contributed by atoms with Gasteiger partial charge in [-0.2, -0.15) is 5.10 Å². The number of benzene rings is 2. The largest absolute Gasteiger partial charge is 0.398 e. The molecule has 0 spiro atoms. The summed E-state index contributed by atoms with van der Waals surface area (Å²) in [5, 5.41) is 4.19. The van der Waals surface area contributed by atoms with Crippen LogP contribution >= 0.6 is 11.8 Å². The number of rotatable bonds is 4. The molecule has 0 aliphatic heterocycles. The van der Waals surface area contributed by atoms with Crippen LogP contribution in [0.4, 0.5) is 10.1 Å². The van der Waals surface area contributed by atoms with Gasteiger partial charge in [0.05, 0.1) is 5.69 Å². The van der Waals surface area contributed by atoms with Crippen LogP contribution in [0.2, 0.25) is 0 Å². The van der Waals surface area contributed by atoms with Gasteiger partial charge in [0.2, 0.25) is 0 Å². The second-order valence-electron chi connectivity index (χ2n) is 4.59. The van der Waals surface area contributed by atoms with Crippen molar-refractivity contribution in [3.05, 3.63) is 72.3 Å². The van der Waals surface area contributed by atoms with Gasteiger partial charge >= 0.3 is 0 Å². The van der Waals surface area contributed by atoms with Crippen LogP contribution in [0, 0.1) is 5.82 Å². The van der Waals surface area contributed by atoms with Crippen molar-refractivity contribution in [3.63, 3.8) is 0 Å². The predicted molar refractivity (Wildman–Crippen MR) is 83.9 cm³/mol. The minimum atomic E-state index is -0.305. The number of hydrogen-bond acceptors (Lipinski definition) is 3. The van der Waals surface area contributed by atoms with Crippen molar-refractivity contribution in [1.29, 1.82) is 0 Å². The van der Waals surface area contributed by atoms with E-state index in [9.17, 15) is 4.39 Å². The van der Waals surface area contributed by atoms with Crippen LogP contribution in [-0.2, 0) is 5.75 Å². The van der Waals surface area contributed by atoms with E-state index in [2.05, 4.69) is 17.2 Å². The molecule has 3 rings (SSSR count). The van der Waals surface area contributed by atoms with Gasteiger partial charge in [0, 0.05) is 28.7 Å². The van der Waals surface area contributed by atoms with Gasteiger partial charge in [-0.25, -0.2) is 9.07 Å². The van der Waals surface area contributed by atoms with Crippen LogP contribution in [0.15, 0.2) is 65.8 Å². The first kappa shape index (κ1) is 13.7. The molecule has 3 aromatic rings. The van der Waals surface area contributed by atoms with Gasteiger partial charge in [0.1, 0.15) is 5.82 Å². The predicted octanol–water partition coefficient (Wildman–Crippen LogP) is 3.89. The van der Waals surface area contributed by atoms with E-state index in [-0.39, 0.29) is 5.82 Å². The maximum atomic E-state index is 13.0. The smallest absolute Gasteiger partial charge is 0.125 e. The van der Waals surface area contributed by atoms with Gasteiger partial charge in [0.15, 0.2) is 0 Å². The van der Waals surface area contributed by atoms with Gasteiger partial charge in [-0.1, -0.05) is 12.1 Å². The summed E-state index contributed by atoms with van der Waals surface area (Å²) in [5.74, 6) is 0.482. The van der Waals surface area contributed by atoms with Crippen molar-refractivity contribution < 1.29 is 4.39 Å².